The van der Waals surface area contributed by atoms with E-state index in [1.807, 2.05) is 90.1 Å². The van der Waals surface area contributed by atoms with Crippen molar-refractivity contribution >= 4 is 46.5 Å². The molecule has 14 heteroatoms. The molecule has 0 bridgehead atoms. The summed E-state index contributed by atoms with van der Waals surface area (Å²) in [6, 6.07) is 19.8. The van der Waals surface area contributed by atoms with E-state index in [-0.39, 0.29) is 48.1 Å². The van der Waals surface area contributed by atoms with E-state index in [0.717, 1.165) is 40.4 Å². The van der Waals surface area contributed by atoms with Crippen LogP contribution in [0.15, 0.2) is 72.9 Å². The fourth-order valence-electron chi connectivity index (χ4n) is 7.64. The topological polar surface area (TPSA) is 184 Å². The number of rotatable bonds is 11. The van der Waals surface area contributed by atoms with Gasteiger partial charge in [-0.1, -0.05) is 36.4 Å². The van der Waals surface area contributed by atoms with E-state index in [9.17, 15) is 24.0 Å². The molecule has 60 heavy (non-hydrogen) atoms. The summed E-state index contributed by atoms with van der Waals surface area (Å²) in [5, 5.41) is 20.0. The van der Waals surface area contributed by atoms with Crippen LogP contribution in [0.4, 0.5) is 15.3 Å². The second-order valence-corrected chi connectivity index (χ2v) is 18.0. The van der Waals surface area contributed by atoms with Crippen molar-refractivity contribution in [3.63, 3.8) is 0 Å². The predicted octanol–water partition coefficient (Wildman–Crippen LogP) is 7.36. The van der Waals surface area contributed by atoms with E-state index in [1.54, 1.807) is 29.3 Å². The Morgan fingerprint density at radius 2 is 1.52 bits per heavy atom. The lowest BCUT2D eigenvalue weighted by molar-refractivity contribution is -0.130. The lowest BCUT2D eigenvalue weighted by atomic mass is 9.81. The van der Waals surface area contributed by atoms with Crippen molar-refractivity contribution in [2.75, 3.05) is 25.0 Å². The molecule has 0 spiro atoms. The van der Waals surface area contributed by atoms with Gasteiger partial charge in [-0.3, -0.25) is 19.5 Å². The summed E-state index contributed by atoms with van der Waals surface area (Å²) >= 11 is 0. The van der Waals surface area contributed by atoms with Crippen LogP contribution in [0.2, 0.25) is 0 Å². The molecule has 1 aromatic heterocycles. The zero-order chi connectivity index (χ0) is 43.0. The number of piperidine rings is 1. The maximum atomic E-state index is 13.9. The van der Waals surface area contributed by atoms with Crippen molar-refractivity contribution in [2.24, 2.45) is 11.8 Å². The number of H-pyrrole nitrogens is 1. The average Bonchev–Trinajstić information content (AvgIpc) is 3.67. The van der Waals surface area contributed by atoms with Crippen LogP contribution in [0.1, 0.15) is 96.0 Å². The minimum absolute atomic E-state index is 0.0466. The Balaban J connectivity index is 1.07. The average molecular weight is 822 g/mol. The summed E-state index contributed by atoms with van der Waals surface area (Å²) < 4.78 is 10.9. The monoisotopic (exact) mass is 821 g/mol. The van der Waals surface area contributed by atoms with Gasteiger partial charge in [-0.15, -0.1) is 0 Å². The molecule has 5 N–H and O–H groups in total. The van der Waals surface area contributed by atoms with Crippen LogP contribution in [0, 0.1) is 11.8 Å². The summed E-state index contributed by atoms with van der Waals surface area (Å²) in [6.07, 6.45) is 5.30. The first-order valence-corrected chi connectivity index (χ1v) is 21.0. The first kappa shape index (κ1) is 43.7. The lowest BCUT2D eigenvalue weighted by Crippen LogP contribution is -2.48. The summed E-state index contributed by atoms with van der Waals surface area (Å²) in [5.74, 6) is -0.704. The van der Waals surface area contributed by atoms with E-state index in [0.29, 0.717) is 56.6 Å². The highest BCUT2D eigenvalue weighted by Crippen LogP contribution is 2.29. The number of fused-ring (bicyclic) bond motifs is 1. The van der Waals surface area contributed by atoms with Gasteiger partial charge in [0, 0.05) is 54.7 Å². The zero-order valence-electron chi connectivity index (χ0n) is 35.6. The van der Waals surface area contributed by atoms with E-state index in [1.165, 1.54) is 0 Å². The van der Waals surface area contributed by atoms with Crippen LogP contribution in [0.5, 0.6) is 0 Å². The number of aromatic amines is 1. The number of anilines is 1. The molecule has 1 saturated carbocycles. The number of hydrogen-bond acceptors (Lipinski definition) is 8. The maximum Gasteiger partial charge on any atom is 0.410 e. The smallest absolute Gasteiger partial charge is 0.410 e. The van der Waals surface area contributed by atoms with Gasteiger partial charge in [0.05, 0.1) is 11.7 Å². The molecule has 5 amide bonds. The number of likely N-dealkylation sites (tertiary alicyclic amines) is 1. The van der Waals surface area contributed by atoms with E-state index in [2.05, 4.69) is 31.5 Å². The molecule has 3 aromatic carbocycles. The van der Waals surface area contributed by atoms with Crippen LogP contribution < -0.4 is 21.3 Å². The second kappa shape index (κ2) is 19.0. The van der Waals surface area contributed by atoms with Gasteiger partial charge in [-0.25, -0.2) is 9.59 Å². The van der Waals surface area contributed by atoms with E-state index in [4.69, 9.17) is 9.47 Å². The number of carbonyl (C=O) groups is 5. The normalized spacial score (nSPS) is 17.9. The molecule has 1 aliphatic heterocycles. The molecular formula is C46H59N7O7. The molecule has 4 aromatic rings. The van der Waals surface area contributed by atoms with Crippen molar-refractivity contribution in [3.05, 3.63) is 84.1 Å². The third-order valence-corrected chi connectivity index (χ3v) is 10.8. The molecule has 1 saturated heterocycles. The number of nitrogens with zero attached hydrogens (tertiary/aromatic N) is 2. The molecule has 1 aliphatic carbocycles. The van der Waals surface area contributed by atoms with Crippen molar-refractivity contribution in [3.8, 4) is 11.1 Å². The van der Waals surface area contributed by atoms with E-state index < -0.39 is 23.3 Å². The molecule has 2 heterocycles. The molecule has 14 nitrogen and oxygen atoms in total. The minimum Gasteiger partial charge on any atom is -0.444 e. The van der Waals surface area contributed by atoms with Gasteiger partial charge in [-0.05, 0) is 133 Å². The van der Waals surface area contributed by atoms with E-state index >= 15 is 0 Å². The predicted molar refractivity (Wildman–Crippen MR) is 230 cm³/mol. The highest BCUT2D eigenvalue weighted by Gasteiger charge is 2.31. The first-order valence-electron chi connectivity index (χ1n) is 21.0. The van der Waals surface area contributed by atoms with Crippen LogP contribution in [-0.2, 0) is 25.5 Å². The Hall–Kier alpha value is -5.92. The maximum absolute atomic E-state index is 13.9. The van der Waals surface area contributed by atoms with Crippen molar-refractivity contribution in [1.29, 1.82) is 0 Å². The van der Waals surface area contributed by atoms with Gasteiger partial charge in [0.2, 0.25) is 11.8 Å². The SMILES string of the molecule is CC(C)(C)OC(=O)NCC1CCC(C(=O)N[C@@H](Cc2cccc(-c3ccc(C(=O)NC4CCN(C(=O)OC(C)(C)C)CC4)cc3)c2)C(=O)Nc2ccc3cn[nH]c3c2)CC1. The number of hydrogen-bond donors (Lipinski definition) is 5. The van der Waals surface area contributed by atoms with Gasteiger partial charge in [0.1, 0.15) is 17.2 Å². The highest BCUT2D eigenvalue weighted by molar-refractivity contribution is 5.99. The molecule has 2 fully saturated rings. The number of aromatic nitrogens is 2. The van der Waals surface area contributed by atoms with Gasteiger partial charge < -0.3 is 35.6 Å². The molecule has 0 radical (unpaired) electrons. The van der Waals surface area contributed by atoms with Crippen LogP contribution >= 0.6 is 0 Å². The Labute approximate surface area is 351 Å². The number of benzene rings is 3. The second-order valence-electron chi connectivity index (χ2n) is 18.0. The van der Waals surface area contributed by atoms with Crippen LogP contribution in [0.3, 0.4) is 0 Å². The minimum atomic E-state index is -0.862. The van der Waals surface area contributed by atoms with Crippen LogP contribution in [0.25, 0.3) is 22.0 Å². The molecule has 6 rings (SSSR count). The number of nitrogens with one attached hydrogen (secondary N) is 5. The molecular weight excluding hydrogens is 763 g/mol. The Bertz CT molecular complexity index is 2140. The molecule has 1 atom stereocenters. The number of ether oxygens (including phenoxy) is 2. The number of carbonyl (C=O) groups excluding carboxylic acids is 5. The Morgan fingerprint density at radius 1 is 0.817 bits per heavy atom. The van der Waals surface area contributed by atoms with Crippen molar-refractivity contribution < 1.29 is 33.4 Å². The zero-order valence-corrected chi connectivity index (χ0v) is 35.6. The fourth-order valence-corrected chi connectivity index (χ4v) is 7.64. The van der Waals surface area contributed by atoms with Crippen molar-refractivity contribution in [2.45, 2.75) is 110 Å². The summed E-state index contributed by atoms with van der Waals surface area (Å²) in [5.41, 5.74) is 3.42. The Morgan fingerprint density at radius 3 is 2.20 bits per heavy atom. The number of amides is 5. The lowest BCUT2D eigenvalue weighted by Gasteiger charge is -2.33. The fraction of sp³-hybridized carbons (Fsp3) is 0.478. The summed E-state index contributed by atoms with van der Waals surface area (Å²) in [7, 11) is 0. The third kappa shape index (κ3) is 12.5. The van der Waals surface area contributed by atoms with Gasteiger partial charge in [0.15, 0.2) is 0 Å². The molecule has 0 unspecified atom stereocenters. The first-order chi connectivity index (χ1) is 28.5. The quantitative estimate of drug-likeness (QED) is 0.104. The van der Waals surface area contributed by atoms with Gasteiger partial charge in [-0.2, -0.15) is 5.10 Å². The van der Waals surface area contributed by atoms with Crippen LogP contribution in [-0.4, -0.2) is 87.9 Å². The highest BCUT2D eigenvalue weighted by atomic mass is 16.6. The molecule has 320 valence electrons. The van der Waals surface area contributed by atoms with Crippen molar-refractivity contribution in [1.82, 2.24) is 31.0 Å². The van der Waals surface area contributed by atoms with Gasteiger partial charge >= 0.3 is 12.2 Å². The third-order valence-electron chi connectivity index (χ3n) is 10.8. The largest absolute Gasteiger partial charge is 0.444 e. The summed E-state index contributed by atoms with van der Waals surface area (Å²) in [6.45, 7) is 12.5. The molecule has 2 aliphatic rings. The number of alkyl carbamates (subject to hydrolysis) is 1. The van der Waals surface area contributed by atoms with Gasteiger partial charge in [0.25, 0.3) is 5.91 Å². The Kier molecular flexibility index (Phi) is 13.8. The standard InChI is InChI=1S/C46H59N7O7/c1-45(2,3)59-43(57)47-27-29-10-12-32(13-11-29)41(55)51-39(42(56)50-37-19-18-35-28-48-52-38(35)26-37)25-30-8-7-9-34(24-30)31-14-16-33(17-15-31)40(54)49-36-20-22-53(23-21-36)44(58)60-46(4,5)6/h7-9,14-19,24,26,28-29,32,36,39H,10-13,20-23,25,27H2,1-6H3,(H,47,57)(H,48,52)(H,49,54)(H,50,56)(H,51,55)/t29?,32?,39-/m0/s1. The summed E-state index contributed by atoms with van der Waals surface area (Å²) in [4.78, 5) is 67.2.